The van der Waals surface area contributed by atoms with Gasteiger partial charge in [0.2, 0.25) is 15.9 Å². The molecule has 0 fully saturated rings. The molecule has 0 aliphatic carbocycles. The molecule has 0 bridgehead atoms. The van der Waals surface area contributed by atoms with E-state index in [0.29, 0.717) is 34.9 Å². The Balaban J connectivity index is 1.74. The Morgan fingerprint density at radius 1 is 0.917 bits per heavy atom. The van der Waals surface area contributed by atoms with Gasteiger partial charge in [0.15, 0.2) is 5.78 Å². The van der Waals surface area contributed by atoms with E-state index in [2.05, 4.69) is 26.1 Å². The lowest BCUT2D eigenvalue weighted by Crippen LogP contribution is -2.37. The normalized spacial score (nSPS) is 11.6. The highest BCUT2D eigenvalue weighted by Crippen LogP contribution is 2.24. The van der Waals surface area contributed by atoms with Gasteiger partial charge in [-0.2, -0.15) is 0 Å². The maximum absolute atomic E-state index is 13.0. The fourth-order valence-electron chi connectivity index (χ4n) is 3.63. The second kappa shape index (κ2) is 11.0. The van der Waals surface area contributed by atoms with E-state index < -0.39 is 22.5 Å². The molecule has 0 atom stereocenters. The Morgan fingerprint density at radius 2 is 1.56 bits per heavy atom. The molecule has 0 unspecified atom stereocenters. The Kier molecular flexibility index (Phi) is 8.20. The molecule has 0 aliphatic heterocycles. The van der Waals surface area contributed by atoms with Crippen LogP contribution in [0, 0.1) is 0 Å². The lowest BCUT2D eigenvalue weighted by atomic mass is 9.86. The summed E-state index contributed by atoms with van der Waals surface area (Å²) in [5.74, 6) is -0.0965. The summed E-state index contributed by atoms with van der Waals surface area (Å²) in [7, 11) is -3.72. The van der Waals surface area contributed by atoms with Crippen LogP contribution in [0.5, 0.6) is 5.75 Å². The van der Waals surface area contributed by atoms with Gasteiger partial charge in [-0.3, -0.25) is 13.9 Å². The summed E-state index contributed by atoms with van der Waals surface area (Å²) in [6.45, 7) is 8.25. The van der Waals surface area contributed by atoms with Crippen LogP contribution in [-0.2, 0) is 20.2 Å². The van der Waals surface area contributed by atoms with Gasteiger partial charge in [-0.05, 0) is 54.3 Å². The number of carbonyl (C=O) groups is 2. The van der Waals surface area contributed by atoms with Crippen molar-refractivity contribution in [3.05, 3.63) is 89.5 Å². The number of rotatable bonds is 9. The molecule has 0 radical (unpaired) electrons. The quantitative estimate of drug-likeness (QED) is 0.410. The minimum absolute atomic E-state index is 0.0169. The zero-order valence-electron chi connectivity index (χ0n) is 21.2. The number of ether oxygens (including phenoxy) is 1. The summed E-state index contributed by atoms with van der Waals surface area (Å²) < 4.78 is 31.2. The number of amides is 1. The van der Waals surface area contributed by atoms with Gasteiger partial charge in [0, 0.05) is 16.8 Å². The molecule has 0 aliphatic rings. The van der Waals surface area contributed by atoms with E-state index in [9.17, 15) is 18.0 Å². The third kappa shape index (κ3) is 6.95. The number of sulfonamides is 1. The maximum atomic E-state index is 13.0. The Morgan fingerprint density at radius 3 is 2.11 bits per heavy atom. The van der Waals surface area contributed by atoms with Crippen molar-refractivity contribution in [1.29, 1.82) is 0 Å². The maximum Gasteiger partial charge on any atom is 0.245 e. The molecule has 3 aromatic rings. The summed E-state index contributed by atoms with van der Waals surface area (Å²) in [4.78, 5) is 25.8. The lowest BCUT2D eigenvalue weighted by molar-refractivity contribution is -0.114. The molecule has 0 heterocycles. The molecule has 36 heavy (non-hydrogen) atoms. The fraction of sp³-hybridized carbons (Fsp3) is 0.286. The van der Waals surface area contributed by atoms with E-state index in [0.717, 1.165) is 16.1 Å². The largest absolute Gasteiger partial charge is 0.494 e. The van der Waals surface area contributed by atoms with Gasteiger partial charge in [-0.25, -0.2) is 8.42 Å². The first-order valence-corrected chi connectivity index (χ1v) is 13.5. The van der Waals surface area contributed by atoms with Crippen LogP contribution in [0.4, 0.5) is 11.4 Å². The second-order valence-electron chi connectivity index (χ2n) is 9.48. The molecule has 190 valence electrons. The van der Waals surface area contributed by atoms with Gasteiger partial charge >= 0.3 is 0 Å². The van der Waals surface area contributed by atoms with Crippen molar-refractivity contribution < 1.29 is 22.7 Å². The number of carbonyl (C=O) groups excluding carboxylic acids is 2. The molecule has 8 heteroatoms. The molecule has 1 N–H and O–H groups in total. The van der Waals surface area contributed by atoms with Crippen molar-refractivity contribution >= 4 is 33.1 Å². The Labute approximate surface area is 213 Å². The van der Waals surface area contributed by atoms with Gasteiger partial charge in [-0.15, -0.1) is 0 Å². The van der Waals surface area contributed by atoms with E-state index in [4.69, 9.17) is 4.74 Å². The van der Waals surface area contributed by atoms with Crippen molar-refractivity contribution in [2.45, 2.75) is 33.1 Å². The summed E-state index contributed by atoms with van der Waals surface area (Å²) >= 11 is 0. The second-order valence-corrected chi connectivity index (χ2v) is 11.4. The van der Waals surface area contributed by atoms with Gasteiger partial charge in [0.1, 0.15) is 12.3 Å². The van der Waals surface area contributed by atoms with E-state index >= 15 is 0 Å². The van der Waals surface area contributed by atoms with Crippen LogP contribution in [0.1, 0.15) is 49.2 Å². The standard InChI is InChI=1S/C28H32N2O5S/c1-6-35-25-16-14-24(15-17-25)30(36(5,33)34)19-26(31)29-23-9-7-8-21(18-23)27(32)20-10-12-22(13-11-20)28(2,3)4/h7-18H,6,19H2,1-5H3,(H,29,31). The van der Waals surface area contributed by atoms with Crippen molar-refractivity contribution in [1.82, 2.24) is 0 Å². The van der Waals surface area contributed by atoms with E-state index in [1.807, 2.05) is 19.1 Å². The van der Waals surface area contributed by atoms with Crippen LogP contribution in [0.15, 0.2) is 72.8 Å². The minimum Gasteiger partial charge on any atom is -0.494 e. The molecule has 0 aromatic heterocycles. The third-order valence-electron chi connectivity index (χ3n) is 5.54. The zero-order chi connectivity index (χ0) is 26.5. The number of anilines is 2. The lowest BCUT2D eigenvalue weighted by Gasteiger charge is -2.22. The van der Waals surface area contributed by atoms with Crippen molar-refractivity contribution in [2.24, 2.45) is 0 Å². The Hall–Kier alpha value is -3.65. The van der Waals surface area contributed by atoms with Gasteiger partial charge in [0.25, 0.3) is 0 Å². The molecular formula is C28H32N2O5S. The third-order valence-corrected chi connectivity index (χ3v) is 6.69. The van der Waals surface area contributed by atoms with Crippen molar-refractivity contribution in [3.63, 3.8) is 0 Å². The predicted molar refractivity (Wildman–Crippen MR) is 143 cm³/mol. The molecule has 0 saturated heterocycles. The van der Waals surface area contributed by atoms with Crippen LogP contribution >= 0.6 is 0 Å². The van der Waals surface area contributed by atoms with Crippen LogP contribution in [-0.4, -0.2) is 39.5 Å². The molecule has 0 spiro atoms. The molecule has 7 nitrogen and oxygen atoms in total. The summed E-state index contributed by atoms with van der Waals surface area (Å²) in [6.07, 6.45) is 1.04. The average Bonchev–Trinajstić information content (AvgIpc) is 2.82. The zero-order valence-corrected chi connectivity index (χ0v) is 22.1. The van der Waals surface area contributed by atoms with Crippen LogP contribution < -0.4 is 14.4 Å². The summed E-state index contributed by atoms with van der Waals surface area (Å²) in [5, 5.41) is 2.70. The number of nitrogens with zero attached hydrogens (tertiary/aromatic N) is 1. The molecule has 3 rings (SSSR count). The van der Waals surface area contributed by atoms with Crippen molar-refractivity contribution in [3.8, 4) is 5.75 Å². The molecule has 3 aromatic carbocycles. The smallest absolute Gasteiger partial charge is 0.245 e. The van der Waals surface area contributed by atoms with Crippen LogP contribution in [0.2, 0.25) is 0 Å². The Bertz CT molecular complexity index is 1330. The molecule has 1 amide bonds. The first kappa shape index (κ1) is 26.9. The van der Waals surface area contributed by atoms with Crippen LogP contribution in [0.3, 0.4) is 0 Å². The number of ketones is 1. The monoisotopic (exact) mass is 508 g/mol. The van der Waals surface area contributed by atoms with E-state index in [1.54, 1.807) is 60.7 Å². The topological polar surface area (TPSA) is 92.8 Å². The molecule has 0 saturated carbocycles. The SMILES string of the molecule is CCOc1ccc(N(CC(=O)Nc2cccc(C(=O)c3ccc(C(C)(C)C)cc3)c2)S(C)(=O)=O)cc1. The van der Waals surface area contributed by atoms with E-state index in [1.165, 1.54) is 0 Å². The summed E-state index contributed by atoms with van der Waals surface area (Å²) in [6, 6.07) is 20.6. The molecular weight excluding hydrogens is 476 g/mol. The first-order chi connectivity index (χ1) is 16.9. The number of nitrogens with one attached hydrogen (secondary N) is 1. The van der Waals surface area contributed by atoms with Crippen LogP contribution in [0.25, 0.3) is 0 Å². The number of hydrogen-bond donors (Lipinski definition) is 1. The highest BCUT2D eigenvalue weighted by Gasteiger charge is 2.21. The van der Waals surface area contributed by atoms with E-state index in [-0.39, 0.29) is 11.2 Å². The van der Waals surface area contributed by atoms with Gasteiger partial charge < -0.3 is 10.1 Å². The highest BCUT2D eigenvalue weighted by atomic mass is 32.2. The predicted octanol–water partition coefficient (Wildman–Crippen LogP) is 5.02. The highest BCUT2D eigenvalue weighted by molar-refractivity contribution is 7.92. The van der Waals surface area contributed by atoms with Gasteiger partial charge in [0.05, 0.1) is 18.6 Å². The van der Waals surface area contributed by atoms with Gasteiger partial charge in [-0.1, -0.05) is 57.2 Å². The van der Waals surface area contributed by atoms with Crippen molar-refractivity contribution in [2.75, 3.05) is 29.0 Å². The average molecular weight is 509 g/mol. The fourth-order valence-corrected chi connectivity index (χ4v) is 4.49. The minimum atomic E-state index is -3.72. The number of hydrogen-bond acceptors (Lipinski definition) is 5. The number of benzene rings is 3. The summed E-state index contributed by atoms with van der Waals surface area (Å²) in [5.41, 5.74) is 2.82. The first-order valence-electron chi connectivity index (χ1n) is 11.6.